The molecule has 2 atom stereocenters. The molecule has 0 fully saturated rings. The monoisotopic (exact) mass is 872 g/mol. The first kappa shape index (κ1) is 60.1. The van der Waals surface area contributed by atoms with E-state index in [1.807, 2.05) is 6.08 Å². The van der Waals surface area contributed by atoms with Crippen molar-refractivity contribution in [2.45, 2.75) is 296 Å². The number of carbonyl (C=O) groups excluding carboxylic acids is 2. The number of unbranched alkanes of at least 4 members (excludes halogenated alkanes) is 35. The van der Waals surface area contributed by atoms with E-state index in [1.54, 1.807) is 6.08 Å². The van der Waals surface area contributed by atoms with Crippen molar-refractivity contribution in [3.8, 4) is 0 Å². The molecule has 0 radical (unpaired) electrons. The summed E-state index contributed by atoms with van der Waals surface area (Å²) in [4.78, 5) is 24.5. The summed E-state index contributed by atoms with van der Waals surface area (Å²) in [7, 11) is 0. The Morgan fingerprint density at radius 3 is 1.15 bits per heavy atom. The highest BCUT2D eigenvalue weighted by molar-refractivity contribution is 5.76. The lowest BCUT2D eigenvalue weighted by Crippen LogP contribution is -2.45. The highest BCUT2D eigenvalue weighted by Gasteiger charge is 2.18. The van der Waals surface area contributed by atoms with E-state index in [0.29, 0.717) is 19.4 Å². The van der Waals surface area contributed by atoms with Gasteiger partial charge in [0.1, 0.15) is 0 Å². The molecule has 0 aromatic rings. The minimum Gasteiger partial charge on any atom is -0.466 e. The van der Waals surface area contributed by atoms with Gasteiger partial charge in [-0.1, -0.05) is 217 Å². The number of aliphatic hydroxyl groups is 2. The molecule has 0 heterocycles. The maximum absolute atomic E-state index is 12.4. The van der Waals surface area contributed by atoms with E-state index >= 15 is 0 Å². The van der Waals surface area contributed by atoms with E-state index in [0.717, 1.165) is 83.5 Å². The number of hydrogen-bond acceptors (Lipinski definition) is 5. The standard InChI is InChI=1S/C56H105NO5/c1-3-5-7-9-11-13-15-17-19-20-21-23-24-28-32-36-40-44-48-54(59)53(52-58)57-55(60)49-45-41-37-33-29-26-27-31-35-39-43-47-51-62-56(61)50-46-42-38-34-30-25-22-18-16-14-12-10-8-6-4-2/h18,22,27,31,44,48,53-54,58-59H,3-17,19-21,23-26,28-30,32-43,45-47,49-52H2,1-2H3,(H,57,60)/b22-18-,31-27-,48-44+. The van der Waals surface area contributed by atoms with Crippen molar-refractivity contribution in [1.29, 1.82) is 0 Å². The predicted molar refractivity (Wildman–Crippen MR) is 269 cm³/mol. The fourth-order valence-electron chi connectivity index (χ4n) is 8.15. The number of esters is 1. The number of ether oxygens (including phenoxy) is 1. The molecule has 6 nitrogen and oxygen atoms in total. The summed E-state index contributed by atoms with van der Waals surface area (Å²) in [6.45, 7) is 4.84. The first-order valence-electron chi connectivity index (χ1n) is 27.3. The summed E-state index contributed by atoms with van der Waals surface area (Å²) in [5.41, 5.74) is 0. The maximum Gasteiger partial charge on any atom is 0.305 e. The van der Waals surface area contributed by atoms with Crippen molar-refractivity contribution >= 4 is 11.9 Å². The Kier molecular flexibility index (Phi) is 50.1. The SMILES string of the molecule is CCCCCCCC/C=C\CCCCCCCC(=O)OCCCCC/C=C\CCCCCCCC(=O)NC(CO)C(O)/C=C/CCCCCCCCCCCCCCCCCC. The molecule has 62 heavy (non-hydrogen) atoms. The van der Waals surface area contributed by atoms with Crippen molar-refractivity contribution in [2.75, 3.05) is 13.2 Å². The summed E-state index contributed by atoms with van der Waals surface area (Å²) in [5.74, 6) is -0.126. The molecular weight excluding hydrogens is 767 g/mol. The van der Waals surface area contributed by atoms with Crippen LogP contribution in [0.2, 0.25) is 0 Å². The lowest BCUT2D eigenvalue weighted by atomic mass is 10.0. The van der Waals surface area contributed by atoms with Crippen molar-refractivity contribution in [3.63, 3.8) is 0 Å². The lowest BCUT2D eigenvalue weighted by Gasteiger charge is -2.20. The van der Waals surface area contributed by atoms with Crippen LogP contribution < -0.4 is 5.32 Å². The Labute approximate surface area is 385 Å². The minimum atomic E-state index is -0.861. The molecule has 0 aromatic carbocycles. The van der Waals surface area contributed by atoms with Gasteiger partial charge in [-0.05, 0) is 89.9 Å². The molecule has 6 heteroatoms. The largest absolute Gasteiger partial charge is 0.466 e. The van der Waals surface area contributed by atoms with E-state index in [4.69, 9.17) is 4.74 Å². The van der Waals surface area contributed by atoms with E-state index < -0.39 is 12.1 Å². The summed E-state index contributed by atoms with van der Waals surface area (Å²) in [6, 6.07) is -0.647. The van der Waals surface area contributed by atoms with Gasteiger partial charge in [-0.3, -0.25) is 9.59 Å². The molecule has 2 unspecified atom stereocenters. The van der Waals surface area contributed by atoms with Gasteiger partial charge in [0.05, 0.1) is 25.4 Å². The molecule has 0 bridgehead atoms. The molecule has 0 spiro atoms. The van der Waals surface area contributed by atoms with Gasteiger partial charge >= 0.3 is 5.97 Å². The quantitative estimate of drug-likeness (QED) is 0.0321. The van der Waals surface area contributed by atoms with Crippen molar-refractivity contribution in [2.24, 2.45) is 0 Å². The van der Waals surface area contributed by atoms with Crippen LogP contribution in [0.25, 0.3) is 0 Å². The second-order valence-corrected chi connectivity index (χ2v) is 18.5. The minimum absolute atomic E-state index is 0.0325. The molecule has 364 valence electrons. The van der Waals surface area contributed by atoms with Crippen LogP contribution in [0.3, 0.4) is 0 Å². The number of rotatable bonds is 50. The third-order valence-electron chi connectivity index (χ3n) is 12.4. The maximum atomic E-state index is 12.4. The summed E-state index contributed by atoms with van der Waals surface area (Å²) in [5, 5.41) is 23.1. The zero-order valence-electron chi connectivity index (χ0n) is 41.4. The normalized spacial score (nSPS) is 12.9. The van der Waals surface area contributed by atoms with Crippen molar-refractivity contribution in [1.82, 2.24) is 5.32 Å². The Hall–Kier alpha value is -1.92. The molecule has 0 rings (SSSR count). The van der Waals surface area contributed by atoms with E-state index in [2.05, 4.69) is 43.5 Å². The van der Waals surface area contributed by atoms with Crippen LogP contribution in [0.4, 0.5) is 0 Å². The highest BCUT2D eigenvalue weighted by Crippen LogP contribution is 2.16. The number of allylic oxidation sites excluding steroid dienone is 5. The van der Waals surface area contributed by atoms with Gasteiger partial charge in [-0.15, -0.1) is 0 Å². The second-order valence-electron chi connectivity index (χ2n) is 18.5. The van der Waals surface area contributed by atoms with Gasteiger partial charge < -0.3 is 20.3 Å². The van der Waals surface area contributed by atoms with E-state index in [-0.39, 0.29) is 18.5 Å². The number of aliphatic hydroxyl groups excluding tert-OH is 2. The Balaban J connectivity index is 3.55. The number of amides is 1. The van der Waals surface area contributed by atoms with Crippen LogP contribution in [0.1, 0.15) is 284 Å². The molecule has 0 aliphatic rings. The lowest BCUT2D eigenvalue weighted by molar-refractivity contribution is -0.143. The van der Waals surface area contributed by atoms with Crippen LogP contribution in [-0.2, 0) is 14.3 Å². The summed E-state index contributed by atoms with van der Waals surface area (Å²) in [6.07, 6.45) is 62.9. The van der Waals surface area contributed by atoms with Gasteiger partial charge in [0.15, 0.2) is 0 Å². The van der Waals surface area contributed by atoms with Crippen molar-refractivity contribution in [3.05, 3.63) is 36.5 Å². The fourth-order valence-corrected chi connectivity index (χ4v) is 8.15. The molecule has 1 amide bonds. The Morgan fingerprint density at radius 2 is 0.758 bits per heavy atom. The molecule has 0 saturated heterocycles. The third kappa shape index (κ3) is 47.6. The number of carbonyl (C=O) groups is 2. The van der Waals surface area contributed by atoms with Gasteiger partial charge in [0.2, 0.25) is 5.91 Å². The van der Waals surface area contributed by atoms with Gasteiger partial charge in [0.25, 0.3) is 0 Å². The van der Waals surface area contributed by atoms with Crippen LogP contribution in [-0.4, -0.2) is 47.4 Å². The fraction of sp³-hybridized carbons (Fsp3) is 0.857. The van der Waals surface area contributed by atoms with Gasteiger partial charge in [-0.25, -0.2) is 0 Å². The first-order valence-corrected chi connectivity index (χ1v) is 27.3. The molecule has 0 saturated carbocycles. The van der Waals surface area contributed by atoms with Gasteiger partial charge in [-0.2, -0.15) is 0 Å². The summed E-state index contributed by atoms with van der Waals surface area (Å²) < 4.78 is 5.44. The Morgan fingerprint density at radius 1 is 0.435 bits per heavy atom. The molecule has 0 aliphatic carbocycles. The van der Waals surface area contributed by atoms with Crippen molar-refractivity contribution < 1.29 is 24.5 Å². The highest BCUT2D eigenvalue weighted by atomic mass is 16.5. The third-order valence-corrected chi connectivity index (χ3v) is 12.4. The van der Waals surface area contributed by atoms with Crippen LogP contribution in [0.15, 0.2) is 36.5 Å². The molecule has 0 aromatic heterocycles. The first-order chi connectivity index (χ1) is 30.5. The van der Waals surface area contributed by atoms with Gasteiger partial charge in [0, 0.05) is 12.8 Å². The summed E-state index contributed by atoms with van der Waals surface area (Å²) >= 11 is 0. The van der Waals surface area contributed by atoms with E-state index in [1.165, 1.54) is 173 Å². The van der Waals surface area contributed by atoms with Crippen LogP contribution >= 0.6 is 0 Å². The molecular formula is C56H105NO5. The number of hydrogen-bond donors (Lipinski definition) is 3. The molecule has 3 N–H and O–H groups in total. The topological polar surface area (TPSA) is 95.9 Å². The zero-order chi connectivity index (χ0) is 45.1. The second kappa shape index (κ2) is 51.7. The van der Waals surface area contributed by atoms with E-state index in [9.17, 15) is 19.8 Å². The number of nitrogens with one attached hydrogen (secondary N) is 1. The van der Waals surface area contributed by atoms with Crippen LogP contribution in [0.5, 0.6) is 0 Å². The van der Waals surface area contributed by atoms with Crippen LogP contribution in [0, 0.1) is 0 Å². The average molecular weight is 872 g/mol. The smallest absolute Gasteiger partial charge is 0.305 e. The molecule has 0 aliphatic heterocycles. The Bertz CT molecular complexity index is 1010. The average Bonchev–Trinajstić information content (AvgIpc) is 3.27. The zero-order valence-corrected chi connectivity index (χ0v) is 41.4. The predicted octanol–water partition coefficient (Wildman–Crippen LogP) is 16.5.